The number of hydrogen-bond acceptors (Lipinski definition) is 4. The molecule has 6 heteroatoms. The molecule has 1 fully saturated rings. The SMILES string of the molecule is Cc1ccc(C(=O)N2CCC(CCNC(=O)c3ccc4c(c3)OCO4)CC2)cc1. The Morgan fingerprint density at radius 2 is 1.69 bits per heavy atom. The maximum Gasteiger partial charge on any atom is 0.253 e. The van der Waals surface area contributed by atoms with Crippen molar-refractivity contribution in [3.05, 3.63) is 59.2 Å². The Morgan fingerprint density at radius 1 is 1.00 bits per heavy atom. The Balaban J connectivity index is 1.20. The van der Waals surface area contributed by atoms with Gasteiger partial charge in [0.2, 0.25) is 6.79 Å². The van der Waals surface area contributed by atoms with Crippen LogP contribution < -0.4 is 14.8 Å². The van der Waals surface area contributed by atoms with Crippen LogP contribution in [0.2, 0.25) is 0 Å². The molecule has 2 aliphatic rings. The summed E-state index contributed by atoms with van der Waals surface area (Å²) >= 11 is 0. The lowest BCUT2D eigenvalue weighted by molar-refractivity contribution is 0.0687. The summed E-state index contributed by atoms with van der Waals surface area (Å²) in [5.74, 6) is 1.82. The van der Waals surface area contributed by atoms with E-state index in [9.17, 15) is 9.59 Å². The second-order valence-corrected chi connectivity index (χ2v) is 7.71. The molecule has 4 rings (SSSR count). The van der Waals surface area contributed by atoms with Gasteiger partial charge < -0.3 is 19.7 Å². The van der Waals surface area contributed by atoms with E-state index in [0.29, 0.717) is 29.5 Å². The second-order valence-electron chi connectivity index (χ2n) is 7.71. The molecule has 29 heavy (non-hydrogen) atoms. The zero-order chi connectivity index (χ0) is 20.2. The highest BCUT2D eigenvalue weighted by molar-refractivity contribution is 5.95. The molecular weight excluding hydrogens is 368 g/mol. The number of amides is 2. The molecule has 1 N–H and O–H groups in total. The van der Waals surface area contributed by atoms with Crippen molar-refractivity contribution in [2.45, 2.75) is 26.2 Å². The van der Waals surface area contributed by atoms with E-state index in [-0.39, 0.29) is 18.6 Å². The van der Waals surface area contributed by atoms with Crippen LogP contribution in [0.15, 0.2) is 42.5 Å². The molecule has 6 nitrogen and oxygen atoms in total. The summed E-state index contributed by atoms with van der Waals surface area (Å²) in [4.78, 5) is 26.9. The minimum atomic E-state index is -0.102. The van der Waals surface area contributed by atoms with Crippen molar-refractivity contribution >= 4 is 11.8 Å². The van der Waals surface area contributed by atoms with Crippen molar-refractivity contribution in [3.63, 3.8) is 0 Å². The van der Waals surface area contributed by atoms with Gasteiger partial charge in [-0.25, -0.2) is 0 Å². The van der Waals surface area contributed by atoms with Crippen LogP contribution in [0.3, 0.4) is 0 Å². The Bertz CT molecular complexity index is 886. The smallest absolute Gasteiger partial charge is 0.253 e. The predicted octanol–water partition coefficient (Wildman–Crippen LogP) is 3.40. The van der Waals surface area contributed by atoms with E-state index < -0.39 is 0 Å². The van der Waals surface area contributed by atoms with Crippen LogP contribution >= 0.6 is 0 Å². The summed E-state index contributed by atoms with van der Waals surface area (Å²) in [6, 6.07) is 13.0. The first-order valence-electron chi connectivity index (χ1n) is 10.1. The fourth-order valence-electron chi connectivity index (χ4n) is 3.83. The van der Waals surface area contributed by atoms with Crippen molar-refractivity contribution in [1.29, 1.82) is 0 Å². The third-order valence-electron chi connectivity index (χ3n) is 5.67. The van der Waals surface area contributed by atoms with Crippen LogP contribution in [-0.2, 0) is 0 Å². The van der Waals surface area contributed by atoms with E-state index in [2.05, 4.69) is 5.32 Å². The van der Waals surface area contributed by atoms with Crippen LogP contribution in [0.4, 0.5) is 0 Å². The van der Waals surface area contributed by atoms with Gasteiger partial charge in [0.05, 0.1) is 0 Å². The summed E-state index contributed by atoms with van der Waals surface area (Å²) in [6.45, 7) is 4.39. The number of fused-ring (bicyclic) bond motifs is 1. The van der Waals surface area contributed by atoms with Crippen LogP contribution in [0.25, 0.3) is 0 Å². The number of nitrogens with zero attached hydrogens (tertiary/aromatic N) is 1. The van der Waals surface area contributed by atoms with Gasteiger partial charge in [-0.05, 0) is 62.4 Å². The number of carbonyl (C=O) groups excluding carboxylic acids is 2. The normalized spacial score (nSPS) is 16.0. The molecule has 0 saturated carbocycles. The van der Waals surface area contributed by atoms with Crippen LogP contribution in [-0.4, -0.2) is 43.1 Å². The molecule has 2 aromatic carbocycles. The molecule has 0 atom stereocenters. The maximum absolute atomic E-state index is 12.6. The van der Waals surface area contributed by atoms with Gasteiger partial charge in [-0.15, -0.1) is 0 Å². The molecule has 2 aliphatic heterocycles. The molecule has 2 heterocycles. The first-order chi connectivity index (χ1) is 14.1. The molecule has 0 unspecified atom stereocenters. The largest absolute Gasteiger partial charge is 0.454 e. The Kier molecular flexibility index (Phi) is 5.69. The highest BCUT2D eigenvalue weighted by atomic mass is 16.7. The number of carbonyl (C=O) groups is 2. The number of hydrogen-bond donors (Lipinski definition) is 1. The van der Waals surface area contributed by atoms with Crippen LogP contribution in [0, 0.1) is 12.8 Å². The highest BCUT2D eigenvalue weighted by Crippen LogP contribution is 2.32. The number of nitrogens with one attached hydrogen (secondary N) is 1. The number of ether oxygens (including phenoxy) is 2. The lowest BCUT2D eigenvalue weighted by Crippen LogP contribution is -2.39. The van der Waals surface area contributed by atoms with Crippen LogP contribution in [0.1, 0.15) is 45.5 Å². The van der Waals surface area contributed by atoms with Crippen molar-refractivity contribution in [3.8, 4) is 11.5 Å². The molecule has 0 aliphatic carbocycles. The average molecular weight is 394 g/mol. The number of benzene rings is 2. The van der Waals surface area contributed by atoms with Crippen molar-refractivity contribution < 1.29 is 19.1 Å². The van der Waals surface area contributed by atoms with E-state index in [1.807, 2.05) is 36.1 Å². The molecule has 0 bridgehead atoms. The first-order valence-corrected chi connectivity index (χ1v) is 10.1. The predicted molar refractivity (Wildman–Crippen MR) is 109 cm³/mol. The first kappa shape index (κ1) is 19.3. The highest BCUT2D eigenvalue weighted by Gasteiger charge is 2.23. The van der Waals surface area contributed by atoms with Gasteiger partial charge in [0, 0.05) is 30.8 Å². The molecular formula is C23H26N2O4. The van der Waals surface area contributed by atoms with E-state index >= 15 is 0 Å². The minimum absolute atomic E-state index is 0.102. The molecule has 0 radical (unpaired) electrons. The number of aryl methyl sites for hydroxylation is 1. The van der Waals surface area contributed by atoms with Crippen LogP contribution in [0.5, 0.6) is 11.5 Å². The summed E-state index contributed by atoms with van der Waals surface area (Å²) < 4.78 is 10.6. The van der Waals surface area contributed by atoms with Gasteiger partial charge in [-0.3, -0.25) is 9.59 Å². The maximum atomic E-state index is 12.6. The molecule has 152 valence electrons. The topological polar surface area (TPSA) is 67.9 Å². The average Bonchev–Trinajstić information content (AvgIpc) is 3.22. The fraction of sp³-hybridized carbons (Fsp3) is 0.391. The van der Waals surface area contributed by atoms with Crippen molar-refractivity contribution in [2.24, 2.45) is 5.92 Å². The molecule has 0 aromatic heterocycles. The zero-order valence-electron chi connectivity index (χ0n) is 16.6. The number of piperidine rings is 1. The van der Waals surface area contributed by atoms with Gasteiger partial charge >= 0.3 is 0 Å². The lowest BCUT2D eigenvalue weighted by Gasteiger charge is -2.32. The summed E-state index contributed by atoms with van der Waals surface area (Å²) in [6.07, 6.45) is 2.86. The fourth-order valence-corrected chi connectivity index (χ4v) is 3.83. The van der Waals surface area contributed by atoms with E-state index in [1.54, 1.807) is 18.2 Å². The molecule has 1 saturated heterocycles. The van der Waals surface area contributed by atoms with Gasteiger partial charge in [-0.1, -0.05) is 17.7 Å². The van der Waals surface area contributed by atoms with Gasteiger partial charge in [0.15, 0.2) is 11.5 Å². The molecule has 0 spiro atoms. The Labute approximate surface area is 170 Å². The quantitative estimate of drug-likeness (QED) is 0.844. The third kappa shape index (κ3) is 4.53. The number of likely N-dealkylation sites (tertiary alicyclic amines) is 1. The monoisotopic (exact) mass is 394 g/mol. The Hall–Kier alpha value is -3.02. The van der Waals surface area contributed by atoms with Crippen molar-refractivity contribution in [2.75, 3.05) is 26.4 Å². The van der Waals surface area contributed by atoms with Crippen molar-refractivity contribution in [1.82, 2.24) is 10.2 Å². The van der Waals surface area contributed by atoms with Gasteiger partial charge in [-0.2, -0.15) is 0 Å². The molecule has 2 aromatic rings. The Morgan fingerprint density at radius 3 is 2.45 bits per heavy atom. The second kappa shape index (κ2) is 8.55. The third-order valence-corrected chi connectivity index (χ3v) is 5.67. The number of rotatable bonds is 5. The summed E-state index contributed by atoms with van der Waals surface area (Å²) in [7, 11) is 0. The summed E-state index contributed by atoms with van der Waals surface area (Å²) in [5, 5.41) is 2.99. The van der Waals surface area contributed by atoms with E-state index in [1.165, 1.54) is 0 Å². The van der Waals surface area contributed by atoms with E-state index in [4.69, 9.17) is 9.47 Å². The zero-order valence-corrected chi connectivity index (χ0v) is 16.6. The molecule has 2 amide bonds. The standard InChI is InChI=1S/C23H26N2O4/c1-16-2-4-18(5-3-16)23(27)25-12-9-17(10-13-25)8-11-24-22(26)19-6-7-20-21(14-19)29-15-28-20/h2-7,14,17H,8-13,15H2,1H3,(H,24,26). The summed E-state index contributed by atoms with van der Waals surface area (Å²) in [5.41, 5.74) is 2.49. The van der Waals surface area contributed by atoms with Gasteiger partial charge in [0.1, 0.15) is 0 Å². The van der Waals surface area contributed by atoms with Gasteiger partial charge in [0.25, 0.3) is 11.8 Å². The van der Waals surface area contributed by atoms with E-state index in [0.717, 1.165) is 43.5 Å². The minimum Gasteiger partial charge on any atom is -0.454 e. The lowest BCUT2D eigenvalue weighted by atomic mass is 9.93.